The third-order valence-electron chi connectivity index (χ3n) is 2.41. The molecule has 0 aliphatic carbocycles. The van der Waals surface area contributed by atoms with Gasteiger partial charge in [-0.25, -0.2) is 0 Å². The largest absolute Gasteiger partial charge is 0.396 e. The minimum Gasteiger partial charge on any atom is -0.396 e. The second-order valence-electron chi connectivity index (χ2n) is 3.82. The molecule has 86 valence electrons. The maximum atomic E-state index is 9.05. The van der Waals surface area contributed by atoms with Gasteiger partial charge in [0.2, 0.25) is 0 Å². The van der Waals surface area contributed by atoms with E-state index >= 15 is 0 Å². The lowest BCUT2D eigenvalue weighted by molar-refractivity contribution is 0.0860. The van der Waals surface area contributed by atoms with Crippen LogP contribution in [-0.2, 0) is 0 Å². The monoisotopic (exact) mass is 204 g/mol. The first-order chi connectivity index (χ1) is 6.81. The highest BCUT2D eigenvalue weighted by atomic mass is 16.3. The van der Waals surface area contributed by atoms with Crippen LogP contribution >= 0.6 is 0 Å². The van der Waals surface area contributed by atoms with Crippen molar-refractivity contribution in [3.8, 4) is 0 Å². The van der Waals surface area contributed by atoms with Gasteiger partial charge in [-0.05, 0) is 12.8 Å². The quantitative estimate of drug-likeness (QED) is 0.472. The zero-order chi connectivity index (χ0) is 10.6. The molecule has 1 atom stereocenters. The number of hydrogen-bond acceptors (Lipinski definition) is 3. The third-order valence-corrected chi connectivity index (χ3v) is 2.41. The van der Waals surface area contributed by atoms with Crippen LogP contribution in [0.3, 0.4) is 0 Å². The molecular formula is C11H24O3. The minimum atomic E-state index is -0.524. The van der Waals surface area contributed by atoms with E-state index < -0.39 is 6.10 Å². The van der Waals surface area contributed by atoms with Gasteiger partial charge in [0.25, 0.3) is 0 Å². The van der Waals surface area contributed by atoms with E-state index in [1.54, 1.807) is 0 Å². The van der Waals surface area contributed by atoms with Crippen molar-refractivity contribution in [3.05, 3.63) is 0 Å². The van der Waals surface area contributed by atoms with Crippen LogP contribution in [0.4, 0.5) is 0 Å². The molecule has 0 amide bonds. The Hall–Kier alpha value is -0.120. The van der Waals surface area contributed by atoms with Gasteiger partial charge in [-0.15, -0.1) is 0 Å². The van der Waals surface area contributed by atoms with Gasteiger partial charge in [0, 0.05) is 6.61 Å². The lowest BCUT2D eigenvalue weighted by Gasteiger charge is -2.05. The summed E-state index contributed by atoms with van der Waals surface area (Å²) in [6.07, 6.45) is 7.98. The summed E-state index contributed by atoms with van der Waals surface area (Å²) in [6.45, 7) is 0.194. The fourth-order valence-electron chi connectivity index (χ4n) is 1.47. The summed E-state index contributed by atoms with van der Waals surface area (Å²) < 4.78 is 0. The van der Waals surface area contributed by atoms with Crippen LogP contribution in [0, 0.1) is 0 Å². The molecule has 0 aliphatic rings. The smallest absolute Gasteiger partial charge is 0.0770 e. The first-order valence-electron chi connectivity index (χ1n) is 5.71. The Kier molecular flexibility index (Phi) is 10.9. The molecule has 3 heteroatoms. The molecule has 0 spiro atoms. The fourth-order valence-corrected chi connectivity index (χ4v) is 1.47. The lowest BCUT2D eigenvalue weighted by atomic mass is 10.1. The number of rotatable bonds is 10. The van der Waals surface area contributed by atoms with E-state index in [2.05, 4.69) is 0 Å². The molecule has 0 aliphatic heterocycles. The molecule has 1 unspecified atom stereocenters. The Balaban J connectivity index is 2.92. The maximum absolute atomic E-state index is 9.05. The van der Waals surface area contributed by atoms with Crippen LogP contribution in [0.1, 0.15) is 51.4 Å². The summed E-state index contributed by atoms with van der Waals surface area (Å²) in [5.74, 6) is 0. The van der Waals surface area contributed by atoms with Crippen molar-refractivity contribution < 1.29 is 15.3 Å². The van der Waals surface area contributed by atoms with Gasteiger partial charge in [-0.2, -0.15) is 0 Å². The van der Waals surface area contributed by atoms with E-state index in [1.807, 2.05) is 0 Å². The Morgan fingerprint density at radius 1 is 0.714 bits per heavy atom. The molecule has 0 heterocycles. The average molecular weight is 204 g/mol. The number of hydrogen-bond donors (Lipinski definition) is 3. The van der Waals surface area contributed by atoms with E-state index in [-0.39, 0.29) is 6.61 Å². The standard InChI is InChI=1S/C11H24O3/c12-9-7-5-3-1-2-4-6-8-11(14)10-13/h11-14H,1-10H2. The summed E-state index contributed by atoms with van der Waals surface area (Å²) in [7, 11) is 0. The van der Waals surface area contributed by atoms with E-state index in [0.29, 0.717) is 13.0 Å². The minimum absolute atomic E-state index is 0.115. The lowest BCUT2D eigenvalue weighted by Crippen LogP contribution is -2.10. The van der Waals surface area contributed by atoms with Crippen LogP contribution in [-0.4, -0.2) is 34.6 Å². The van der Waals surface area contributed by atoms with Crippen LogP contribution in [0.2, 0.25) is 0 Å². The normalized spacial score (nSPS) is 13.1. The topological polar surface area (TPSA) is 60.7 Å². The summed E-state index contributed by atoms with van der Waals surface area (Å²) in [5, 5.41) is 26.2. The van der Waals surface area contributed by atoms with Gasteiger partial charge in [-0.3, -0.25) is 0 Å². The SMILES string of the molecule is OCCCCCCCCCC(O)CO. The Bertz CT molecular complexity index is 107. The second kappa shape index (κ2) is 11.0. The number of unbranched alkanes of at least 4 members (excludes halogenated alkanes) is 6. The van der Waals surface area contributed by atoms with Crippen LogP contribution in [0.25, 0.3) is 0 Å². The van der Waals surface area contributed by atoms with Gasteiger partial charge in [-0.1, -0.05) is 38.5 Å². The molecule has 0 aromatic heterocycles. The van der Waals surface area contributed by atoms with Gasteiger partial charge < -0.3 is 15.3 Å². The van der Waals surface area contributed by atoms with Crippen molar-refractivity contribution in [1.82, 2.24) is 0 Å². The van der Waals surface area contributed by atoms with Crippen molar-refractivity contribution in [2.45, 2.75) is 57.5 Å². The van der Waals surface area contributed by atoms with Gasteiger partial charge >= 0.3 is 0 Å². The zero-order valence-electron chi connectivity index (χ0n) is 8.99. The molecule has 0 saturated carbocycles. The van der Waals surface area contributed by atoms with Crippen molar-refractivity contribution >= 4 is 0 Å². The van der Waals surface area contributed by atoms with Crippen LogP contribution in [0.5, 0.6) is 0 Å². The number of aliphatic hydroxyl groups excluding tert-OH is 3. The van der Waals surface area contributed by atoms with Gasteiger partial charge in [0.1, 0.15) is 0 Å². The predicted octanol–water partition coefficient (Wildman–Crippen LogP) is 1.45. The molecule has 0 aromatic rings. The van der Waals surface area contributed by atoms with Crippen LogP contribution in [0.15, 0.2) is 0 Å². The zero-order valence-corrected chi connectivity index (χ0v) is 8.99. The molecule has 0 aromatic carbocycles. The molecule has 0 saturated heterocycles. The molecule has 3 N–H and O–H groups in total. The molecule has 0 radical (unpaired) electrons. The van der Waals surface area contributed by atoms with Gasteiger partial charge in [0.15, 0.2) is 0 Å². The molecule has 0 fully saturated rings. The van der Waals surface area contributed by atoms with E-state index in [9.17, 15) is 0 Å². The summed E-state index contributed by atoms with van der Waals surface area (Å²) in [4.78, 5) is 0. The Morgan fingerprint density at radius 3 is 1.71 bits per heavy atom. The summed E-state index contributed by atoms with van der Waals surface area (Å²) >= 11 is 0. The van der Waals surface area contributed by atoms with Crippen molar-refractivity contribution in [2.75, 3.05) is 13.2 Å². The highest BCUT2D eigenvalue weighted by Crippen LogP contribution is 2.09. The molecule has 14 heavy (non-hydrogen) atoms. The van der Waals surface area contributed by atoms with E-state index in [1.165, 1.54) is 19.3 Å². The van der Waals surface area contributed by atoms with Crippen molar-refractivity contribution in [2.24, 2.45) is 0 Å². The number of aliphatic hydroxyl groups is 3. The molecule has 0 bridgehead atoms. The fraction of sp³-hybridized carbons (Fsp3) is 1.00. The van der Waals surface area contributed by atoms with E-state index in [0.717, 1.165) is 25.7 Å². The first-order valence-corrected chi connectivity index (χ1v) is 5.71. The average Bonchev–Trinajstić information content (AvgIpc) is 2.21. The molecule has 0 rings (SSSR count). The predicted molar refractivity (Wildman–Crippen MR) is 57.1 cm³/mol. The highest BCUT2D eigenvalue weighted by Gasteiger charge is 2.00. The maximum Gasteiger partial charge on any atom is 0.0770 e. The highest BCUT2D eigenvalue weighted by molar-refractivity contribution is 4.53. The third kappa shape index (κ3) is 9.96. The first kappa shape index (κ1) is 13.9. The Labute approximate surface area is 86.8 Å². The van der Waals surface area contributed by atoms with Crippen LogP contribution < -0.4 is 0 Å². The van der Waals surface area contributed by atoms with E-state index in [4.69, 9.17) is 15.3 Å². The summed E-state index contributed by atoms with van der Waals surface area (Å²) in [5.41, 5.74) is 0. The summed E-state index contributed by atoms with van der Waals surface area (Å²) in [6, 6.07) is 0. The molecule has 3 nitrogen and oxygen atoms in total. The van der Waals surface area contributed by atoms with Gasteiger partial charge in [0.05, 0.1) is 12.7 Å². The van der Waals surface area contributed by atoms with Crippen molar-refractivity contribution in [1.29, 1.82) is 0 Å². The second-order valence-corrected chi connectivity index (χ2v) is 3.82. The Morgan fingerprint density at radius 2 is 1.21 bits per heavy atom. The molecular weight excluding hydrogens is 180 g/mol. The van der Waals surface area contributed by atoms with Crippen molar-refractivity contribution in [3.63, 3.8) is 0 Å².